The number of amides is 2. The van der Waals surface area contributed by atoms with Crippen LogP contribution >= 0.6 is 0 Å². The van der Waals surface area contributed by atoms with E-state index in [1.165, 1.54) is 18.2 Å². The zero-order valence-electron chi connectivity index (χ0n) is 22.9. The zero-order chi connectivity index (χ0) is 30.7. The lowest BCUT2D eigenvalue weighted by Crippen LogP contribution is -2.48. The molecule has 0 aromatic heterocycles. The van der Waals surface area contributed by atoms with Gasteiger partial charge in [-0.1, -0.05) is 0 Å². The van der Waals surface area contributed by atoms with E-state index in [4.69, 9.17) is 9.47 Å². The molecule has 2 aliphatic rings. The highest BCUT2D eigenvalue weighted by Crippen LogP contribution is 2.39. The zero-order valence-corrected chi connectivity index (χ0v) is 23.7. The fourth-order valence-electron chi connectivity index (χ4n) is 4.40. The Bertz CT molecular complexity index is 1400. The molecule has 2 aromatic carbocycles. The first kappa shape index (κ1) is 31.3. The summed E-state index contributed by atoms with van der Waals surface area (Å²) in [6, 6.07) is 7.99. The number of hydrogen-bond donors (Lipinski definition) is 2. The molecule has 2 heterocycles. The van der Waals surface area contributed by atoms with Gasteiger partial charge in [-0.3, -0.25) is 14.4 Å². The Labute approximate surface area is 240 Å². The highest BCUT2D eigenvalue weighted by molar-refractivity contribution is 7.92. The SMILES string of the molecule is CC(C)(OC(=O)Nc1ccc2c(c1)N(S(=O)(=O)c1ccc(F)cc1)C[C@@H](CNC(=O)CC1CCOCC1)O2)C(F)(F)F. The van der Waals surface area contributed by atoms with E-state index in [9.17, 15) is 35.6 Å². The van der Waals surface area contributed by atoms with Crippen LogP contribution in [0.3, 0.4) is 0 Å². The van der Waals surface area contributed by atoms with Crippen LogP contribution in [0, 0.1) is 11.7 Å². The molecule has 4 rings (SSSR count). The van der Waals surface area contributed by atoms with Crippen molar-refractivity contribution in [3.8, 4) is 5.75 Å². The summed E-state index contributed by atoms with van der Waals surface area (Å²) in [5.41, 5.74) is -2.88. The summed E-state index contributed by atoms with van der Waals surface area (Å²) in [6.45, 7) is 2.27. The number of anilines is 2. The first-order valence-electron chi connectivity index (χ1n) is 13.2. The second-order valence-electron chi connectivity index (χ2n) is 10.5. The second-order valence-corrected chi connectivity index (χ2v) is 12.4. The Morgan fingerprint density at radius 3 is 2.38 bits per heavy atom. The average molecular weight is 618 g/mol. The molecule has 2 aliphatic heterocycles. The van der Waals surface area contributed by atoms with Crippen LogP contribution in [0.25, 0.3) is 0 Å². The van der Waals surface area contributed by atoms with Crippen LogP contribution in [0.2, 0.25) is 0 Å². The third-order valence-electron chi connectivity index (χ3n) is 6.91. The maximum atomic E-state index is 13.7. The van der Waals surface area contributed by atoms with Gasteiger partial charge in [0.2, 0.25) is 11.5 Å². The van der Waals surface area contributed by atoms with Gasteiger partial charge in [0.05, 0.1) is 23.7 Å². The van der Waals surface area contributed by atoms with Crippen LogP contribution in [0.15, 0.2) is 47.4 Å². The number of nitrogens with one attached hydrogen (secondary N) is 2. The minimum atomic E-state index is -4.83. The van der Waals surface area contributed by atoms with Crippen molar-refractivity contribution < 1.29 is 49.8 Å². The summed E-state index contributed by atoms with van der Waals surface area (Å²) >= 11 is 0. The molecular weight excluding hydrogens is 586 g/mol. The Morgan fingerprint density at radius 2 is 1.74 bits per heavy atom. The van der Waals surface area contributed by atoms with Crippen LogP contribution in [-0.2, 0) is 24.3 Å². The van der Waals surface area contributed by atoms with E-state index in [-0.39, 0.29) is 46.9 Å². The molecule has 42 heavy (non-hydrogen) atoms. The van der Waals surface area contributed by atoms with Crippen LogP contribution in [-0.4, -0.2) is 64.6 Å². The van der Waals surface area contributed by atoms with Crippen molar-refractivity contribution in [3.63, 3.8) is 0 Å². The summed E-state index contributed by atoms with van der Waals surface area (Å²) < 4.78 is 97.0. The van der Waals surface area contributed by atoms with Crippen molar-refractivity contribution >= 4 is 33.4 Å². The Balaban J connectivity index is 1.55. The predicted octanol–water partition coefficient (Wildman–Crippen LogP) is 4.60. The van der Waals surface area contributed by atoms with Crippen molar-refractivity contribution in [1.82, 2.24) is 5.32 Å². The van der Waals surface area contributed by atoms with Gasteiger partial charge >= 0.3 is 12.3 Å². The van der Waals surface area contributed by atoms with Crippen molar-refractivity contribution in [1.29, 1.82) is 0 Å². The molecule has 0 spiro atoms. The van der Waals surface area contributed by atoms with E-state index >= 15 is 0 Å². The fraction of sp³-hybridized carbons (Fsp3) is 0.481. The van der Waals surface area contributed by atoms with E-state index in [1.54, 1.807) is 0 Å². The summed E-state index contributed by atoms with van der Waals surface area (Å²) in [5, 5.41) is 4.96. The molecule has 15 heteroatoms. The maximum absolute atomic E-state index is 13.7. The molecule has 2 N–H and O–H groups in total. The number of sulfonamides is 1. The molecule has 10 nitrogen and oxygen atoms in total. The van der Waals surface area contributed by atoms with E-state index in [0.29, 0.717) is 33.5 Å². The van der Waals surface area contributed by atoms with Crippen LogP contribution in [0.5, 0.6) is 5.75 Å². The van der Waals surface area contributed by atoms with Gasteiger partial charge in [0.15, 0.2) is 0 Å². The van der Waals surface area contributed by atoms with E-state index in [2.05, 4.69) is 15.4 Å². The van der Waals surface area contributed by atoms with E-state index in [0.717, 1.165) is 41.4 Å². The molecule has 230 valence electrons. The van der Waals surface area contributed by atoms with Gasteiger partial charge in [-0.15, -0.1) is 0 Å². The van der Waals surface area contributed by atoms with Crippen LogP contribution < -0.4 is 19.7 Å². The van der Waals surface area contributed by atoms with Gasteiger partial charge < -0.3 is 19.5 Å². The number of alkyl halides is 3. The van der Waals surface area contributed by atoms with Crippen molar-refractivity contribution in [3.05, 3.63) is 48.3 Å². The molecule has 1 saturated heterocycles. The maximum Gasteiger partial charge on any atom is 0.427 e. The van der Waals surface area contributed by atoms with Gasteiger partial charge in [0, 0.05) is 25.3 Å². The quantitative estimate of drug-likeness (QED) is 0.415. The van der Waals surface area contributed by atoms with Crippen molar-refractivity contribution in [2.45, 2.75) is 55.9 Å². The molecule has 0 bridgehead atoms. The number of benzene rings is 2. The summed E-state index contributed by atoms with van der Waals surface area (Å²) in [6.07, 6.45) is -5.23. The van der Waals surface area contributed by atoms with Crippen molar-refractivity contribution in [2.24, 2.45) is 5.92 Å². The largest absolute Gasteiger partial charge is 0.484 e. The average Bonchev–Trinajstić information content (AvgIpc) is 2.91. The number of rotatable bonds is 8. The summed E-state index contributed by atoms with van der Waals surface area (Å²) in [5.74, 6) is -0.608. The van der Waals surface area contributed by atoms with Gasteiger partial charge in [-0.2, -0.15) is 13.2 Å². The molecule has 2 aromatic rings. The Hall–Kier alpha value is -3.59. The molecular formula is C27H31F4N3O7S. The normalized spacial score (nSPS) is 18.0. The molecule has 1 fully saturated rings. The summed E-state index contributed by atoms with van der Waals surface area (Å²) in [7, 11) is -4.31. The van der Waals surface area contributed by atoms with Crippen molar-refractivity contribution in [2.75, 3.05) is 35.9 Å². The predicted molar refractivity (Wildman–Crippen MR) is 143 cm³/mol. The third kappa shape index (κ3) is 7.43. The second kappa shape index (κ2) is 12.3. The lowest BCUT2D eigenvalue weighted by Gasteiger charge is -2.36. The minimum absolute atomic E-state index is 0.0181. The monoisotopic (exact) mass is 617 g/mol. The fourth-order valence-corrected chi connectivity index (χ4v) is 5.90. The Kier molecular flexibility index (Phi) is 9.21. The Morgan fingerprint density at radius 1 is 1.07 bits per heavy atom. The number of hydrogen-bond acceptors (Lipinski definition) is 7. The van der Waals surface area contributed by atoms with E-state index in [1.807, 2.05) is 0 Å². The van der Waals surface area contributed by atoms with E-state index < -0.39 is 39.8 Å². The highest BCUT2D eigenvalue weighted by Gasteiger charge is 2.51. The molecule has 0 aliphatic carbocycles. The summed E-state index contributed by atoms with van der Waals surface area (Å²) in [4.78, 5) is 24.5. The minimum Gasteiger partial charge on any atom is -0.484 e. The lowest BCUT2D eigenvalue weighted by atomic mass is 9.96. The van der Waals surface area contributed by atoms with Crippen LogP contribution in [0.4, 0.5) is 33.7 Å². The van der Waals surface area contributed by atoms with Crippen LogP contribution in [0.1, 0.15) is 33.1 Å². The molecule has 0 radical (unpaired) electrons. The molecule has 1 atom stereocenters. The number of carbonyl (C=O) groups is 2. The molecule has 0 unspecified atom stereocenters. The lowest BCUT2D eigenvalue weighted by molar-refractivity contribution is -0.242. The molecule has 2 amide bonds. The third-order valence-corrected chi connectivity index (χ3v) is 8.71. The number of ether oxygens (including phenoxy) is 3. The standard InChI is InChI=1S/C27H31F4N3O7S/c1-26(2,27(29,30)31)41-25(36)33-19-5-8-23-22(14-19)34(42(37,38)21-6-3-18(28)4-7-21)16-20(40-23)15-32-24(35)13-17-9-11-39-12-10-17/h3-8,14,17,20H,9-13,15-16H2,1-2H3,(H,32,35)(H,33,36)/t20-/m1/s1. The van der Waals surface area contributed by atoms with Gasteiger partial charge in [0.1, 0.15) is 17.7 Å². The topological polar surface area (TPSA) is 123 Å². The first-order chi connectivity index (χ1) is 19.7. The number of fused-ring (bicyclic) bond motifs is 1. The molecule has 0 saturated carbocycles. The number of nitrogens with zero attached hydrogens (tertiary/aromatic N) is 1. The first-order valence-corrected chi connectivity index (χ1v) is 14.6. The smallest absolute Gasteiger partial charge is 0.427 e. The highest BCUT2D eigenvalue weighted by atomic mass is 32.2. The number of halogens is 4. The van der Waals surface area contributed by atoms with Gasteiger partial charge in [-0.05, 0) is 75.1 Å². The van der Waals surface area contributed by atoms with Gasteiger partial charge in [-0.25, -0.2) is 17.6 Å². The van der Waals surface area contributed by atoms with Gasteiger partial charge in [0.25, 0.3) is 10.0 Å². The number of carbonyl (C=O) groups excluding carboxylic acids is 2.